The zero-order valence-corrected chi connectivity index (χ0v) is 7.02. The highest BCUT2D eigenvalue weighted by molar-refractivity contribution is 5.66. The average Bonchev–Trinajstić information content (AvgIpc) is 1.95. The van der Waals surface area contributed by atoms with Crippen molar-refractivity contribution in [3.8, 4) is 0 Å². The maximum absolute atomic E-state index is 10.9. The van der Waals surface area contributed by atoms with E-state index in [0.29, 0.717) is 0 Å². The van der Waals surface area contributed by atoms with Crippen LogP contribution in [-0.4, -0.2) is 23.1 Å². The van der Waals surface area contributed by atoms with Gasteiger partial charge in [-0.15, -0.1) is 0 Å². The third-order valence-corrected chi connectivity index (χ3v) is 0.785. The van der Waals surface area contributed by atoms with Crippen molar-refractivity contribution in [1.82, 2.24) is 5.32 Å². The summed E-state index contributed by atoms with van der Waals surface area (Å²) in [4.78, 5) is 10.9. The molecule has 0 amide bonds. The Kier molecular flexibility index (Phi) is 1.76. The van der Waals surface area contributed by atoms with Gasteiger partial charge in [0.05, 0.1) is 0 Å². The number of carboxylic acids is 1. The van der Waals surface area contributed by atoms with E-state index in [4.69, 9.17) is 6.91 Å². The minimum absolute atomic E-state index is 0.551. The normalized spacial score (nSPS) is 20.5. The van der Waals surface area contributed by atoms with E-state index < -0.39 is 30.8 Å². The number of hydrogen-bond acceptors (Lipinski definition) is 3. The van der Waals surface area contributed by atoms with Crippen LogP contribution in [0.1, 0.15) is 39.0 Å². The third kappa shape index (κ3) is 9.43. The number of aliphatic carboxylic acids is 1. The van der Waals surface area contributed by atoms with Crippen LogP contribution in [0.5, 0.6) is 0 Å². The first-order valence-electron chi connectivity index (χ1n) is 5.77. The van der Waals surface area contributed by atoms with Crippen LogP contribution in [0.3, 0.4) is 0 Å². The SMILES string of the molecule is [2H]OC(=O)C([2H])([2H])CC([2H])([2H])NC(C)(C)C. The van der Waals surface area contributed by atoms with Gasteiger partial charge < -0.3 is 10.4 Å². The minimum Gasteiger partial charge on any atom is -0.481 e. The molecular weight excluding hydrogens is 142 g/mol. The molecule has 0 aliphatic heterocycles. The summed E-state index contributed by atoms with van der Waals surface area (Å²) in [7, 11) is 0. The van der Waals surface area contributed by atoms with Crippen molar-refractivity contribution in [2.24, 2.45) is 0 Å². The predicted octanol–water partition coefficient (Wildman–Crippen LogP) is 1.24. The summed E-state index contributed by atoms with van der Waals surface area (Å²) < 4.78 is 36.0. The topological polar surface area (TPSA) is 49.3 Å². The maximum Gasteiger partial charge on any atom is 0.303 e. The van der Waals surface area contributed by atoms with Crippen LogP contribution in [0.25, 0.3) is 1.43 Å². The summed E-state index contributed by atoms with van der Waals surface area (Å²) >= 11 is 0. The summed E-state index contributed by atoms with van der Waals surface area (Å²) in [6.07, 6.45) is -3.24. The fraction of sp³-hybridized carbons (Fsp3) is 0.875. The summed E-state index contributed by atoms with van der Waals surface area (Å²) in [6, 6.07) is 0. The van der Waals surface area contributed by atoms with Gasteiger partial charge in [0, 0.05) is 17.4 Å². The number of hydrogen-bond donors (Lipinski definition) is 2. The van der Waals surface area contributed by atoms with Crippen molar-refractivity contribution in [2.45, 2.75) is 39.1 Å². The van der Waals surface area contributed by atoms with Gasteiger partial charge in [-0.2, -0.15) is 0 Å². The third-order valence-electron chi connectivity index (χ3n) is 0.785. The summed E-state index contributed by atoms with van der Waals surface area (Å²) in [6.45, 7) is 3.12. The highest BCUT2D eigenvalue weighted by Crippen LogP contribution is 1.98. The highest BCUT2D eigenvalue weighted by atomic mass is 16.4. The Hall–Kier alpha value is -0.570. The fourth-order valence-corrected chi connectivity index (χ4v) is 0.426. The van der Waals surface area contributed by atoms with Gasteiger partial charge in [-0.25, -0.2) is 0 Å². The van der Waals surface area contributed by atoms with Gasteiger partial charge >= 0.3 is 5.97 Å². The first-order valence-corrected chi connectivity index (χ1v) is 3.37. The molecule has 0 rings (SSSR count). The van der Waals surface area contributed by atoms with Gasteiger partial charge in [0.1, 0.15) is 0 Å². The van der Waals surface area contributed by atoms with E-state index in [2.05, 4.69) is 10.4 Å². The molecule has 0 saturated carbocycles. The Morgan fingerprint density at radius 1 is 1.73 bits per heavy atom. The van der Waals surface area contributed by atoms with Crippen molar-refractivity contribution in [3.63, 3.8) is 0 Å². The van der Waals surface area contributed by atoms with Crippen molar-refractivity contribution < 1.29 is 15.4 Å². The maximum atomic E-state index is 10.9. The number of carboxylic acid groups (broad SMARTS) is 1. The molecule has 2 N–H and O–H groups in total. The summed E-state index contributed by atoms with van der Waals surface area (Å²) in [5.74, 6) is -1.40. The first-order chi connectivity index (χ1) is 6.90. The molecule has 0 fully saturated rings. The highest BCUT2D eigenvalue weighted by Gasteiger charge is 2.07. The van der Waals surface area contributed by atoms with Gasteiger partial charge in [-0.3, -0.25) is 4.79 Å². The standard InChI is InChI=1S/C8H17NO2/c1-8(2,3)9-6-4-5-7(10)11/h9H,4-6H2,1-3H3,(H,10,11)/i5D2,6D2/hD. The molecule has 66 valence electrons. The molecule has 0 aliphatic carbocycles. The van der Waals surface area contributed by atoms with Crippen molar-refractivity contribution >= 4 is 5.97 Å². The lowest BCUT2D eigenvalue weighted by molar-refractivity contribution is -0.137. The van der Waals surface area contributed by atoms with E-state index in [9.17, 15) is 4.79 Å². The second-order valence-electron chi connectivity index (χ2n) is 3.19. The van der Waals surface area contributed by atoms with E-state index in [1.54, 1.807) is 20.8 Å². The minimum atomic E-state index is -2.52. The number of carbonyl (C=O) groups is 1. The Balaban J connectivity index is 4.64. The fourth-order valence-electron chi connectivity index (χ4n) is 0.426. The van der Waals surface area contributed by atoms with Gasteiger partial charge in [-0.1, -0.05) is 0 Å². The van der Waals surface area contributed by atoms with E-state index >= 15 is 0 Å². The van der Waals surface area contributed by atoms with Gasteiger partial charge in [0.25, 0.3) is 1.43 Å². The Morgan fingerprint density at radius 2 is 2.36 bits per heavy atom. The largest absolute Gasteiger partial charge is 0.481 e. The van der Waals surface area contributed by atoms with Crippen LogP contribution < -0.4 is 5.32 Å². The van der Waals surface area contributed by atoms with Crippen LogP contribution in [0.4, 0.5) is 0 Å². The molecule has 11 heavy (non-hydrogen) atoms. The molecule has 0 spiro atoms. The molecule has 0 bridgehead atoms. The molecule has 0 aliphatic rings. The molecule has 0 aromatic rings. The van der Waals surface area contributed by atoms with E-state index in [1.165, 1.54) is 0 Å². The van der Waals surface area contributed by atoms with Crippen molar-refractivity contribution in [2.75, 3.05) is 6.50 Å². The Bertz CT molecular complexity index is 262. The second-order valence-corrected chi connectivity index (χ2v) is 3.19. The van der Waals surface area contributed by atoms with E-state index in [0.717, 1.165) is 0 Å². The lowest BCUT2D eigenvalue weighted by atomic mass is 10.1. The molecule has 0 aromatic carbocycles. The van der Waals surface area contributed by atoms with Gasteiger partial charge in [-0.05, 0) is 33.7 Å². The predicted molar refractivity (Wildman–Crippen MR) is 44.6 cm³/mol. The van der Waals surface area contributed by atoms with Gasteiger partial charge in [0.2, 0.25) is 0 Å². The quantitative estimate of drug-likeness (QED) is 0.657. The molecule has 0 radical (unpaired) electrons. The van der Waals surface area contributed by atoms with Gasteiger partial charge in [0.15, 0.2) is 0 Å². The number of rotatable bonds is 4. The summed E-state index contributed by atoms with van der Waals surface area (Å²) in [5.41, 5.74) is -0.551. The Labute approximate surface area is 74.9 Å². The average molecular weight is 164 g/mol. The second kappa shape index (κ2) is 4.34. The van der Waals surface area contributed by atoms with E-state index in [-0.39, 0.29) is 0 Å². The first kappa shape index (κ1) is 4.45. The monoisotopic (exact) mass is 164 g/mol. The lowest BCUT2D eigenvalue weighted by Gasteiger charge is -2.19. The molecule has 0 heterocycles. The van der Waals surface area contributed by atoms with Crippen molar-refractivity contribution in [1.29, 1.82) is 1.43 Å². The number of nitrogens with one attached hydrogen (secondary N) is 1. The zero-order valence-electron chi connectivity index (χ0n) is 12.0. The Morgan fingerprint density at radius 3 is 2.82 bits per heavy atom. The molecular formula is C8H17NO2. The molecule has 0 aromatic heterocycles. The molecule has 0 saturated heterocycles. The van der Waals surface area contributed by atoms with Crippen molar-refractivity contribution in [3.05, 3.63) is 0 Å². The van der Waals surface area contributed by atoms with E-state index in [1.807, 2.05) is 0 Å². The molecule has 0 unspecified atom stereocenters. The van der Waals surface area contributed by atoms with Crippen LogP contribution in [0, 0.1) is 0 Å². The molecule has 0 atom stereocenters. The lowest BCUT2D eigenvalue weighted by Crippen LogP contribution is -2.36. The van der Waals surface area contributed by atoms with Crippen LogP contribution >= 0.6 is 0 Å². The molecule has 3 heteroatoms. The van der Waals surface area contributed by atoms with Crippen LogP contribution in [0.15, 0.2) is 0 Å². The molecule has 3 nitrogen and oxygen atoms in total. The smallest absolute Gasteiger partial charge is 0.303 e. The van der Waals surface area contributed by atoms with Crippen LogP contribution in [-0.2, 0) is 4.79 Å². The zero-order chi connectivity index (χ0) is 13.2. The summed E-state index contributed by atoms with van der Waals surface area (Å²) in [5, 5.41) is 6.09. The van der Waals surface area contributed by atoms with Crippen LogP contribution in [0.2, 0.25) is 0 Å².